The first-order chi connectivity index (χ1) is 15.1. The van der Waals surface area contributed by atoms with Crippen LogP contribution in [0.15, 0.2) is 30.5 Å². The lowest BCUT2D eigenvalue weighted by Crippen LogP contribution is -2.44. The molecule has 0 radical (unpaired) electrons. The first kappa shape index (κ1) is 24.8. The van der Waals surface area contributed by atoms with Gasteiger partial charge in [-0.25, -0.2) is 9.18 Å². The Labute approximate surface area is 185 Å². The van der Waals surface area contributed by atoms with Crippen molar-refractivity contribution in [3.8, 4) is 0 Å². The van der Waals surface area contributed by atoms with Gasteiger partial charge in [0.2, 0.25) is 5.91 Å². The minimum Gasteiger partial charge on any atom is -0.483 e. The topological polar surface area (TPSA) is 125 Å². The number of rotatable bonds is 5. The third kappa shape index (κ3) is 8.01. The minimum absolute atomic E-state index is 0.0555. The molecule has 3 N–H and O–H groups in total. The van der Waals surface area contributed by atoms with Crippen LogP contribution in [-0.4, -0.2) is 56.9 Å². The number of nitrogens with one attached hydrogen (secondary N) is 2. The van der Waals surface area contributed by atoms with E-state index in [0.717, 1.165) is 23.2 Å². The van der Waals surface area contributed by atoms with Crippen molar-refractivity contribution in [2.24, 2.45) is 0 Å². The molecule has 0 bridgehead atoms. The number of aromatic nitrogens is 2. The van der Waals surface area contributed by atoms with Crippen LogP contribution in [0.4, 0.5) is 9.18 Å². The van der Waals surface area contributed by atoms with E-state index in [-0.39, 0.29) is 24.6 Å². The van der Waals surface area contributed by atoms with Crippen LogP contribution in [0.2, 0.25) is 0 Å². The van der Waals surface area contributed by atoms with Gasteiger partial charge < -0.3 is 20.1 Å². The molecule has 1 aliphatic heterocycles. The first-order valence-electron chi connectivity index (χ1n) is 10.2. The van der Waals surface area contributed by atoms with E-state index in [4.69, 9.17) is 14.6 Å². The molecule has 174 valence electrons. The fourth-order valence-electron chi connectivity index (χ4n) is 3.33. The van der Waals surface area contributed by atoms with Crippen LogP contribution < -0.4 is 5.32 Å². The van der Waals surface area contributed by atoms with Gasteiger partial charge in [-0.1, -0.05) is 12.1 Å². The molecule has 10 heteroatoms. The Morgan fingerprint density at radius 1 is 1.34 bits per heavy atom. The summed E-state index contributed by atoms with van der Waals surface area (Å²) in [6.07, 6.45) is 2.42. The number of carboxylic acid groups (broad SMARTS) is 1. The zero-order valence-electron chi connectivity index (χ0n) is 18.4. The molecule has 0 spiro atoms. The van der Waals surface area contributed by atoms with E-state index in [0.29, 0.717) is 19.5 Å². The molecule has 1 unspecified atom stereocenters. The summed E-state index contributed by atoms with van der Waals surface area (Å²) in [4.78, 5) is 35.3. The van der Waals surface area contributed by atoms with Gasteiger partial charge >= 0.3 is 6.09 Å². The number of hydrogen-bond acceptors (Lipinski definition) is 5. The highest BCUT2D eigenvalue weighted by atomic mass is 19.1. The molecule has 1 aliphatic rings. The van der Waals surface area contributed by atoms with Crippen molar-refractivity contribution in [2.45, 2.75) is 58.2 Å². The molecule has 9 nitrogen and oxygen atoms in total. The average molecular weight is 448 g/mol. The minimum atomic E-state index is -0.640. The van der Waals surface area contributed by atoms with Crippen LogP contribution in [0.5, 0.6) is 0 Å². The predicted octanol–water partition coefficient (Wildman–Crippen LogP) is 2.66. The SMILES string of the molecule is CC(C)(C)OC(=O)NC(CC(=O)N1CCc2[nH]ncc2C1)Cc1ccc(F)cc1.O=CO. The van der Waals surface area contributed by atoms with Crippen LogP contribution in [0.25, 0.3) is 0 Å². The third-order valence-electron chi connectivity index (χ3n) is 4.69. The first-order valence-corrected chi connectivity index (χ1v) is 10.2. The number of carbonyl (C=O) groups is 3. The monoisotopic (exact) mass is 448 g/mol. The molecule has 1 aromatic carbocycles. The van der Waals surface area contributed by atoms with Gasteiger partial charge in [-0.3, -0.25) is 14.7 Å². The lowest BCUT2D eigenvalue weighted by Gasteiger charge is -2.29. The van der Waals surface area contributed by atoms with Gasteiger partial charge in [-0.05, 0) is 44.9 Å². The maximum Gasteiger partial charge on any atom is 0.407 e. The number of ether oxygens (including phenoxy) is 1. The highest BCUT2D eigenvalue weighted by Gasteiger charge is 2.26. The molecule has 0 aliphatic carbocycles. The highest BCUT2D eigenvalue weighted by molar-refractivity contribution is 5.78. The number of halogens is 1. The van der Waals surface area contributed by atoms with Crippen molar-refractivity contribution < 1.29 is 28.6 Å². The normalized spacial score (nSPS) is 13.8. The summed E-state index contributed by atoms with van der Waals surface area (Å²) in [6, 6.07) is 5.58. The number of benzene rings is 1. The molecular weight excluding hydrogens is 419 g/mol. The van der Waals surface area contributed by atoms with Crippen molar-refractivity contribution >= 4 is 18.5 Å². The number of hydrogen-bond donors (Lipinski definition) is 3. The zero-order chi connectivity index (χ0) is 23.7. The van der Waals surface area contributed by atoms with Crippen molar-refractivity contribution in [2.75, 3.05) is 6.54 Å². The number of H-pyrrole nitrogens is 1. The summed E-state index contributed by atoms with van der Waals surface area (Å²) in [5, 5.41) is 16.7. The summed E-state index contributed by atoms with van der Waals surface area (Å²) in [7, 11) is 0. The zero-order valence-corrected chi connectivity index (χ0v) is 18.4. The Kier molecular flexibility index (Phi) is 8.74. The lowest BCUT2D eigenvalue weighted by atomic mass is 10.0. The Hall–Kier alpha value is -3.43. The van der Waals surface area contributed by atoms with Crippen LogP contribution in [-0.2, 0) is 33.7 Å². The van der Waals surface area contributed by atoms with E-state index in [9.17, 15) is 14.0 Å². The number of aromatic amines is 1. The Morgan fingerprint density at radius 2 is 2.00 bits per heavy atom. The Morgan fingerprint density at radius 3 is 2.62 bits per heavy atom. The second-order valence-corrected chi connectivity index (χ2v) is 8.42. The molecule has 0 fully saturated rings. The number of carbonyl (C=O) groups excluding carboxylic acids is 2. The summed E-state index contributed by atoms with van der Waals surface area (Å²) >= 11 is 0. The molecule has 2 heterocycles. The number of alkyl carbamates (subject to hydrolysis) is 1. The van der Waals surface area contributed by atoms with E-state index in [1.807, 2.05) is 0 Å². The number of fused-ring (bicyclic) bond motifs is 1. The fourth-order valence-corrected chi connectivity index (χ4v) is 3.33. The second-order valence-electron chi connectivity index (χ2n) is 8.42. The van der Waals surface area contributed by atoms with Crippen molar-refractivity contribution in [3.63, 3.8) is 0 Å². The largest absolute Gasteiger partial charge is 0.483 e. The Bertz CT molecular complexity index is 908. The van der Waals surface area contributed by atoms with Gasteiger partial charge in [0.25, 0.3) is 6.47 Å². The number of nitrogens with zero attached hydrogens (tertiary/aromatic N) is 2. The van der Waals surface area contributed by atoms with Gasteiger partial charge in [-0.15, -0.1) is 0 Å². The van der Waals surface area contributed by atoms with Crippen molar-refractivity contribution in [1.82, 2.24) is 20.4 Å². The molecule has 2 aromatic rings. The lowest BCUT2D eigenvalue weighted by molar-refractivity contribution is -0.132. The summed E-state index contributed by atoms with van der Waals surface area (Å²) < 4.78 is 18.6. The fraction of sp³-hybridized carbons (Fsp3) is 0.455. The molecule has 0 saturated heterocycles. The third-order valence-corrected chi connectivity index (χ3v) is 4.69. The molecule has 1 aromatic heterocycles. The van der Waals surface area contributed by atoms with Crippen LogP contribution in [0.3, 0.4) is 0 Å². The van der Waals surface area contributed by atoms with Crippen LogP contribution in [0, 0.1) is 5.82 Å². The predicted molar refractivity (Wildman–Crippen MR) is 114 cm³/mol. The highest BCUT2D eigenvalue weighted by Crippen LogP contribution is 2.18. The van der Waals surface area contributed by atoms with Gasteiger partial charge in [0.15, 0.2) is 0 Å². The molecule has 0 saturated carbocycles. The second kappa shape index (κ2) is 11.3. The summed E-state index contributed by atoms with van der Waals surface area (Å²) in [6.45, 7) is 6.19. The molecule has 1 atom stereocenters. The average Bonchev–Trinajstić information content (AvgIpc) is 3.16. The number of amides is 2. The van der Waals surface area contributed by atoms with Crippen LogP contribution >= 0.6 is 0 Å². The van der Waals surface area contributed by atoms with Gasteiger partial charge in [0.05, 0.1) is 6.20 Å². The van der Waals surface area contributed by atoms with E-state index in [2.05, 4.69) is 15.5 Å². The van der Waals surface area contributed by atoms with Gasteiger partial charge in [0, 0.05) is 43.2 Å². The smallest absolute Gasteiger partial charge is 0.407 e. The quantitative estimate of drug-likeness (QED) is 0.604. The summed E-state index contributed by atoms with van der Waals surface area (Å²) in [5.41, 5.74) is 2.26. The van der Waals surface area contributed by atoms with Gasteiger partial charge in [0.1, 0.15) is 11.4 Å². The van der Waals surface area contributed by atoms with Gasteiger partial charge in [-0.2, -0.15) is 5.10 Å². The van der Waals surface area contributed by atoms with E-state index < -0.39 is 17.7 Å². The molecular formula is C22H29FN4O5. The van der Waals surface area contributed by atoms with E-state index in [1.54, 1.807) is 44.0 Å². The molecule has 2 amide bonds. The Balaban J connectivity index is 0.00000114. The standard InChI is InChI=1S/C21H27FN4O3.CH2O2/c1-21(2,3)29-20(28)24-17(10-14-4-6-16(22)7-5-14)11-19(27)26-9-8-18-15(13-26)12-23-25-18;2-1-3/h4-7,12,17H,8-11,13H2,1-3H3,(H,23,25)(H,24,28);1H,(H,2,3). The summed E-state index contributed by atoms with van der Waals surface area (Å²) in [5.74, 6) is -0.384. The maximum absolute atomic E-state index is 13.2. The van der Waals surface area contributed by atoms with Crippen molar-refractivity contribution in [3.05, 3.63) is 53.1 Å². The molecule has 3 rings (SSSR count). The van der Waals surface area contributed by atoms with E-state index in [1.165, 1.54) is 12.1 Å². The molecule has 32 heavy (non-hydrogen) atoms. The van der Waals surface area contributed by atoms with Crippen LogP contribution in [0.1, 0.15) is 44.0 Å². The van der Waals surface area contributed by atoms with E-state index >= 15 is 0 Å². The van der Waals surface area contributed by atoms with Crippen molar-refractivity contribution in [1.29, 1.82) is 0 Å². The maximum atomic E-state index is 13.2.